The number of nitrogens with two attached hydrogens (primary N) is 1. The Morgan fingerprint density at radius 1 is 1.69 bits per heavy atom. The zero-order chi connectivity index (χ0) is 11.8. The summed E-state index contributed by atoms with van der Waals surface area (Å²) in [6, 6.07) is 3.92. The lowest BCUT2D eigenvalue weighted by Crippen LogP contribution is -2.51. The van der Waals surface area contributed by atoms with Crippen molar-refractivity contribution in [2.24, 2.45) is 5.73 Å². The van der Waals surface area contributed by atoms with Gasteiger partial charge in [0.25, 0.3) is 0 Å². The number of nitrogens with one attached hydrogen (secondary N) is 1. The van der Waals surface area contributed by atoms with Gasteiger partial charge < -0.3 is 15.6 Å². The first kappa shape index (κ1) is 11.2. The molecule has 1 amide bonds. The van der Waals surface area contributed by atoms with E-state index in [-0.39, 0.29) is 17.5 Å². The van der Waals surface area contributed by atoms with Crippen LogP contribution in [0.25, 0.3) is 0 Å². The lowest BCUT2D eigenvalue weighted by Gasteiger charge is -2.34. The Morgan fingerprint density at radius 3 is 2.94 bits per heavy atom. The molecule has 1 aliphatic rings. The summed E-state index contributed by atoms with van der Waals surface area (Å²) in [7, 11) is 0. The van der Waals surface area contributed by atoms with Gasteiger partial charge >= 0.3 is 0 Å². The van der Waals surface area contributed by atoms with E-state index in [0.29, 0.717) is 6.42 Å². The predicted molar refractivity (Wildman–Crippen MR) is 62.9 cm³/mol. The monoisotopic (exact) mass is 221 g/mol. The molecule has 4 nitrogen and oxygen atoms in total. The van der Waals surface area contributed by atoms with Crippen LogP contribution in [0.3, 0.4) is 0 Å². The highest BCUT2D eigenvalue weighted by molar-refractivity contribution is 5.79. The van der Waals surface area contributed by atoms with Crippen molar-refractivity contribution in [3.8, 4) is 0 Å². The quantitative estimate of drug-likeness (QED) is 0.779. The van der Waals surface area contributed by atoms with E-state index in [9.17, 15) is 4.79 Å². The van der Waals surface area contributed by atoms with Gasteiger partial charge in [-0.15, -0.1) is 0 Å². The van der Waals surface area contributed by atoms with Crippen LogP contribution in [0.4, 0.5) is 0 Å². The maximum atomic E-state index is 12.1. The van der Waals surface area contributed by atoms with Gasteiger partial charge in [0.05, 0.1) is 12.0 Å². The molecule has 16 heavy (non-hydrogen) atoms. The summed E-state index contributed by atoms with van der Waals surface area (Å²) < 4.78 is 0. The molecule has 1 aromatic rings. The largest absolute Gasteiger partial charge is 0.365 e. The highest BCUT2D eigenvalue weighted by Gasteiger charge is 2.41. The van der Waals surface area contributed by atoms with Crippen LogP contribution in [0.2, 0.25) is 0 Å². The number of amides is 1. The van der Waals surface area contributed by atoms with Gasteiger partial charge in [-0.3, -0.25) is 4.79 Å². The molecule has 0 saturated carbocycles. The number of carbonyl (C=O) groups excluding carboxylic acids is 1. The zero-order valence-corrected chi connectivity index (χ0v) is 9.86. The number of aromatic nitrogens is 1. The minimum Gasteiger partial charge on any atom is -0.365 e. The van der Waals surface area contributed by atoms with E-state index in [4.69, 9.17) is 5.73 Å². The molecule has 0 radical (unpaired) electrons. The zero-order valence-electron chi connectivity index (χ0n) is 9.86. The van der Waals surface area contributed by atoms with Crippen LogP contribution in [-0.4, -0.2) is 33.9 Å². The Morgan fingerprint density at radius 2 is 2.44 bits per heavy atom. The van der Waals surface area contributed by atoms with Crippen molar-refractivity contribution < 1.29 is 4.79 Å². The number of H-pyrrole nitrogens is 1. The van der Waals surface area contributed by atoms with Gasteiger partial charge in [0.2, 0.25) is 5.91 Å². The molecule has 1 atom stereocenters. The first-order chi connectivity index (χ1) is 7.51. The minimum absolute atomic E-state index is 0.0834. The topological polar surface area (TPSA) is 62.1 Å². The molecule has 0 bridgehead atoms. The van der Waals surface area contributed by atoms with E-state index in [1.807, 2.05) is 37.1 Å². The van der Waals surface area contributed by atoms with Crippen molar-refractivity contribution in [3.63, 3.8) is 0 Å². The molecule has 0 spiro atoms. The van der Waals surface area contributed by atoms with Gasteiger partial charge in [-0.05, 0) is 32.4 Å². The first-order valence-electron chi connectivity index (χ1n) is 5.70. The Kier molecular flexibility index (Phi) is 2.76. The number of carbonyl (C=O) groups is 1. The van der Waals surface area contributed by atoms with Crippen LogP contribution in [0, 0.1) is 0 Å². The third kappa shape index (κ3) is 1.85. The van der Waals surface area contributed by atoms with E-state index in [0.717, 1.165) is 18.7 Å². The lowest BCUT2D eigenvalue weighted by atomic mass is 9.96. The van der Waals surface area contributed by atoms with Crippen LogP contribution in [0.1, 0.15) is 26.0 Å². The number of hydrogen-bond acceptors (Lipinski definition) is 2. The second kappa shape index (κ2) is 3.94. The molecule has 3 N–H and O–H groups in total. The second-order valence-electron chi connectivity index (χ2n) is 4.97. The first-order valence-corrected chi connectivity index (χ1v) is 5.70. The smallest absolute Gasteiger partial charge is 0.228 e. The third-order valence-corrected chi connectivity index (χ3v) is 3.57. The van der Waals surface area contributed by atoms with Crippen LogP contribution in [0.15, 0.2) is 18.3 Å². The molecule has 1 fully saturated rings. The summed E-state index contributed by atoms with van der Waals surface area (Å²) >= 11 is 0. The van der Waals surface area contributed by atoms with Crippen molar-refractivity contribution in [3.05, 3.63) is 24.0 Å². The van der Waals surface area contributed by atoms with E-state index < -0.39 is 0 Å². The van der Waals surface area contributed by atoms with Gasteiger partial charge in [0.1, 0.15) is 0 Å². The molecule has 2 rings (SSSR count). The van der Waals surface area contributed by atoms with Crippen LogP contribution in [0.5, 0.6) is 0 Å². The minimum atomic E-state index is -0.219. The van der Waals surface area contributed by atoms with Crippen molar-refractivity contribution in [2.75, 3.05) is 6.54 Å². The van der Waals surface area contributed by atoms with Crippen molar-refractivity contribution in [1.29, 1.82) is 0 Å². The molecular formula is C12H19N3O. The summed E-state index contributed by atoms with van der Waals surface area (Å²) in [6.07, 6.45) is 3.16. The fraction of sp³-hybridized carbons (Fsp3) is 0.583. The molecular weight excluding hydrogens is 202 g/mol. The van der Waals surface area contributed by atoms with Crippen molar-refractivity contribution in [2.45, 2.75) is 38.3 Å². The molecule has 88 valence electrons. The fourth-order valence-corrected chi connectivity index (χ4v) is 2.29. The molecule has 1 saturated heterocycles. The average Bonchev–Trinajstić information content (AvgIpc) is 2.77. The molecule has 2 heterocycles. The Labute approximate surface area is 95.8 Å². The van der Waals surface area contributed by atoms with E-state index in [1.165, 1.54) is 0 Å². The molecule has 0 aliphatic carbocycles. The number of nitrogens with zero attached hydrogens (tertiary/aromatic N) is 1. The fourth-order valence-electron chi connectivity index (χ4n) is 2.29. The van der Waals surface area contributed by atoms with Gasteiger partial charge in [0.15, 0.2) is 0 Å². The predicted octanol–water partition coefficient (Wildman–Crippen LogP) is 0.895. The standard InChI is InChI=1S/C12H19N3O/c1-12(2)10(13)5-7-15(12)11(16)8-9-4-3-6-14-9/h3-4,6,10,14H,5,7-8,13H2,1-2H3. The SMILES string of the molecule is CC1(C)C(N)CCN1C(=O)Cc1ccc[nH]1. The van der Waals surface area contributed by atoms with E-state index in [1.54, 1.807) is 0 Å². The summed E-state index contributed by atoms with van der Waals surface area (Å²) in [5.74, 6) is 0.153. The average molecular weight is 221 g/mol. The van der Waals surface area contributed by atoms with E-state index >= 15 is 0 Å². The Hall–Kier alpha value is -1.29. The summed E-state index contributed by atoms with van der Waals surface area (Å²) in [5, 5.41) is 0. The maximum Gasteiger partial charge on any atom is 0.228 e. The van der Waals surface area contributed by atoms with E-state index in [2.05, 4.69) is 4.98 Å². The normalized spacial score (nSPS) is 23.7. The van der Waals surface area contributed by atoms with Crippen molar-refractivity contribution in [1.82, 2.24) is 9.88 Å². The summed E-state index contributed by atoms with van der Waals surface area (Å²) in [5.41, 5.74) is 6.75. The molecule has 0 aromatic carbocycles. The summed E-state index contributed by atoms with van der Waals surface area (Å²) in [6.45, 7) is 4.85. The molecule has 1 unspecified atom stereocenters. The van der Waals surface area contributed by atoms with Gasteiger partial charge in [-0.25, -0.2) is 0 Å². The van der Waals surface area contributed by atoms with Crippen LogP contribution in [-0.2, 0) is 11.2 Å². The molecule has 4 heteroatoms. The molecule has 1 aromatic heterocycles. The highest BCUT2D eigenvalue weighted by Crippen LogP contribution is 2.27. The number of hydrogen-bond donors (Lipinski definition) is 2. The van der Waals surface area contributed by atoms with Gasteiger partial charge in [-0.1, -0.05) is 0 Å². The van der Waals surface area contributed by atoms with Gasteiger partial charge in [-0.2, -0.15) is 0 Å². The van der Waals surface area contributed by atoms with Crippen LogP contribution < -0.4 is 5.73 Å². The van der Waals surface area contributed by atoms with Gasteiger partial charge in [0, 0.05) is 24.5 Å². The Balaban J connectivity index is 2.06. The summed E-state index contributed by atoms with van der Waals surface area (Å²) in [4.78, 5) is 17.1. The number of likely N-dealkylation sites (tertiary alicyclic amines) is 1. The van der Waals surface area contributed by atoms with Crippen LogP contribution >= 0.6 is 0 Å². The van der Waals surface area contributed by atoms with Crippen molar-refractivity contribution >= 4 is 5.91 Å². The Bertz CT molecular complexity index is 370. The lowest BCUT2D eigenvalue weighted by molar-refractivity contribution is -0.133. The second-order valence-corrected chi connectivity index (χ2v) is 4.97. The maximum absolute atomic E-state index is 12.1. The third-order valence-electron chi connectivity index (χ3n) is 3.57. The number of rotatable bonds is 2. The highest BCUT2D eigenvalue weighted by atomic mass is 16.2. The molecule has 1 aliphatic heterocycles. The number of aromatic amines is 1.